The van der Waals surface area contributed by atoms with E-state index in [2.05, 4.69) is 5.32 Å². The minimum Gasteiger partial charge on any atom is -0.359 e. The molecule has 112 valence electrons. The number of hydrogen-bond donors (Lipinski definition) is 1. The number of amides is 1. The van der Waals surface area contributed by atoms with Crippen molar-refractivity contribution in [1.82, 2.24) is 5.32 Å². The summed E-state index contributed by atoms with van der Waals surface area (Å²) in [6.45, 7) is 4.77. The van der Waals surface area contributed by atoms with Crippen LogP contribution >= 0.6 is 0 Å². The number of hydrogen-bond acceptors (Lipinski definition) is 2. The molecule has 0 atom stereocenters. The molecule has 0 heterocycles. The molecule has 0 aliphatic rings. The quantitative estimate of drug-likeness (QED) is 0.384. The zero-order valence-corrected chi connectivity index (χ0v) is 12.7. The van der Waals surface area contributed by atoms with E-state index in [1.54, 1.807) is 0 Å². The largest absolute Gasteiger partial charge is 0.359 e. The Kier molecular flexibility index (Phi) is 13.0. The molecule has 0 saturated carbocycles. The highest BCUT2D eigenvalue weighted by Gasteiger charge is 2.05. The van der Waals surface area contributed by atoms with Crippen molar-refractivity contribution in [2.45, 2.75) is 78.1 Å². The van der Waals surface area contributed by atoms with Crippen molar-refractivity contribution in [3.8, 4) is 0 Å². The topological polar surface area (TPSA) is 46.2 Å². The SMILES string of the molecule is CC(C)C(=O)CCCCCCCCCCCNC=O. The molecule has 0 rings (SSSR count). The number of Topliss-reactive ketones (excluding diaryl/α,β-unsaturated/α-hetero) is 1. The third-order valence-corrected chi connectivity index (χ3v) is 3.47. The summed E-state index contributed by atoms with van der Waals surface area (Å²) < 4.78 is 0. The van der Waals surface area contributed by atoms with Gasteiger partial charge in [0.2, 0.25) is 6.41 Å². The fraction of sp³-hybridized carbons (Fsp3) is 0.875. The second kappa shape index (κ2) is 13.6. The summed E-state index contributed by atoms with van der Waals surface area (Å²) >= 11 is 0. The van der Waals surface area contributed by atoms with E-state index < -0.39 is 0 Å². The average Bonchev–Trinajstić information content (AvgIpc) is 2.39. The highest BCUT2D eigenvalue weighted by atomic mass is 16.1. The predicted octanol–water partition coefficient (Wildman–Crippen LogP) is 3.86. The third-order valence-electron chi connectivity index (χ3n) is 3.47. The first-order valence-corrected chi connectivity index (χ1v) is 7.88. The Hall–Kier alpha value is -0.860. The number of ketones is 1. The Balaban J connectivity index is 3.07. The van der Waals surface area contributed by atoms with Crippen LogP contribution in [0.5, 0.6) is 0 Å². The molecule has 1 N–H and O–H groups in total. The minimum atomic E-state index is 0.203. The van der Waals surface area contributed by atoms with Gasteiger partial charge in [0.15, 0.2) is 0 Å². The van der Waals surface area contributed by atoms with E-state index in [0.717, 1.165) is 32.2 Å². The zero-order chi connectivity index (χ0) is 14.3. The van der Waals surface area contributed by atoms with Crippen molar-refractivity contribution in [3.05, 3.63) is 0 Å². The smallest absolute Gasteiger partial charge is 0.207 e. The molecule has 0 unspecified atom stereocenters. The van der Waals surface area contributed by atoms with Crippen molar-refractivity contribution >= 4 is 12.2 Å². The van der Waals surface area contributed by atoms with Gasteiger partial charge in [0.1, 0.15) is 5.78 Å². The van der Waals surface area contributed by atoms with E-state index >= 15 is 0 Å². The van der Waals surface area contributed by atoms with Crippen LogP contribution in [0.3, 0.4) is 0 Å². The van der Waals surface area contributed by atoms with Crippen LogP contribution in [-0.4, -0.2) is 18.7 Å². The van der Waals surface area contributed by atoms with E-state index in [1.807, 2.05) is 13.8 Å². The number of unbranched alkanes of at least 4 members (excludes halogenated alkanes) is 8. The van der Waals surface area contributed by atoms with Crippen molar-refractivity contribution in [2.75, 3.05) is 6.54 Å². The maximum absolute atomic E-state index is 11.4. The van der Waals surface area contributed by atoms with Gasteiger partial charge in [0, 0.05) is 18.9 Å². The van der Waals surface area contributed by atoms with E-state index in [9.17, 15) is 9.59 Å². The van der Waals surface area contributed by atoms with Crippen LogP contribution in [-0.2, 0) is 9.59 Å². The molecule has 0 bridgehead atoms. The van der Waals surface area contributed by atoms with Gasteiger partial charge in [-0.2, -0.15) is 0 Å². The molecule has 3 heteroatoms. The van der Waals surface area contributed by atoms with E-state index in [0.29, 0.717) is 5.78 Å². The molecule has 1 amide bonds. The molecule has 0 spiro atoms. The lowest BCUT2D eigenvalue weighted by Gasteiger charge is -2.04. The van der Waals surface area contributed by atoms with Crippen molar-refractivity contribution < 1.29 is 9.59 Å². The lowest BCUT2D eigenvalue weighted by Crippen LogP contribution is -2.11. The molecule has 0 aromatic carbocycles. The monoisotopic (exact) mass is 269 g/mol. The summed E-state index contributed by atoms with van der Waals surface area (Å²) in [6, 6.07) is 0. The number of rotatable bonds is 14. The highest BCUT2D eigenvalue weighted by Crippen LogP contribution is 2.11. The molecule has 3 nitrogen and oxygen atoms in total. The van der Waals surface area contributed by atoms with Gasteiger partial charge < -0.3 is 5.32 Å². The molecule has 0 aromatic rings. The van der Waals surface area contributed by atoms with Gasteiger partial charge in [-0.25, -0.2) is 0 Å². The Morgan fingerprint density at radius 1 is 0.895 bits per heavy atom. The maximum atomic E-state index is 11.4. The zero-order valence-electron chi connectivity index (χ0n) is 12.7. The summed E-state index contributed by atoms with van der Waals surface area (Å²) in [4.78, 5) is 21.4. The first kappa shape index (κ1) is 18.1. The molecule has 0 aliphatic carbocycles. The molecule has 0 aliphatic heterocycles. The lowest BCUT2D eigenvalue weighted by atomic mass is 10.0. The van der Waals surface area contributed by atoms with Crippen LogP contribution < -0.4 is 5.32 Å². The minimum absolute atomic E-state index is 0.203. The Bertz CT molecular complexity index is 227. The highest BCUT2D eigenvalue weighted by molar-refractivity contribution is 5.80. The first-order chi connectivity index (χ1) is 9.18. The van der Waals surface area contributed by atoms with Gasteiger partial charge in [0.25, 0.3) is 0 Å². The number of carbonyl (C=O) groups is 2. The predicted molar refractivity (Wildman–Crippen MR) is 80.1 cm³/mol. The van der Waals surface area contributed by atoms with Crippen LogP contribution in [0.15, 0.2) is 0 Å². The molecular formula is C16H31NO2. The second-order valence-electron chi connectivity index (χ2n) is 5.62. The number of nitrogens with one attached hydrogen (secondary N) is 1. The van der Waals surface area contributed by atoms with Crippen molar-refractivity contribution in [2.24, 2.45) is 5.92 Å². The molecule has 0 fully saturated rings. The summed E-state index contributed by atoms with van der Waals surface area (Å²) in [5, 5.41) is 2.68. The van der Waals surface area contributed by atoms with E-state index in [1.165, 1.54) is 44.9 Å². The summed E-state index contributed by atoms with van der Waals surface area (Å²) in [5.41, 5.74) is 0. The standard InChI is InChI=1S/C16H31NO2/c1-15(2)16(19)12-10-8-6-4-3-5-7-9-11-13-17-14-18/h14-15H,3-13H2,1-2H3,(H,17,18). The fourth-order valence-corrected chi connectivity index (χ4v) is 2.11. The molecule has 0 aromatic heterocycles. The third kappa shape index (κ3) is 13.4. The fourth-order valence-electron chi connectivity index (χ4n) is 2.11. The normalized spacial score (nSPS) is 10.7. The van der Waals surface area contributed by atoms with E-state index in [4.69, 9.17) is 0 Å². The van der Waals surface area contributed by atoms with Crippen molar-refractivity contribution in [3.63, 3.8) is 0 Å². The van der Waals surface area contributed by atoms with Gasteiger partial charge in [-0.15, -0.1) is 0 Å². The van der Waals surface area contributed by atoms with Crippen LogP contribution in [0, 0.1) is 5.92 Å². The summed E-state index contributed by atoms with van der Waals surface area (Å²) in [6.07, 6.45) is 12.5. The average molecular weight is 269 g/mol. The van der Waals surface area contributed by atoms with Crippen LogP contribution in [0.1, 0.15) is 78.1 Å². The number of carbonyl (C=O) groups excluding carboxylic acids is 2. The summed E-state index contributed by atoms with van der Waals surface area (Å²) in [5.74, 6) is 0.609. The van der Waals surface area contributed by atoms with Gasteiger partial charge >= 0.3 is 0 Å². The molecule has 0 radical (unpaired) electrons. The summed E-state index contributed by atoms with van der Waals surface area (Å²) in [7, 11) is 0. The van der Waals surface area contributed by atoms with Crippen LogP contribution in [0.25, 0.3) is 0 Å². The Labute approximate surface area is 118 Å². The molecule has 19 heavy (non-hydrogen) atoms. The van der Waals surface area contributed by atoms with Crippen LogP contribution in [0.4, 0.5) is 0 Å². The van der Waals surface area contributed by atoms with Crippen molar-refractivity contribution in [1.29, 1.82) is 0 Å². The van der Waals surface area contributed by atoms with E-state index in [-0.39, 0.29) is 5.92 Å². The van der Waals surface area contributed by atoms with Gasteiger partial charge in [-0.1, -0.05) is 58.8 Å². The lowest BCUT2D eigenvalue weighted by molar-refractivity contribution is -0.122. The Morgan fingerprint density at radius 3 is 1.84 bits per heavy atom. The first-order valence-electron chi connectivity index (χ1n) is 7.88. The molecular weight excluding hydrogens is 238 g/mol. The van der Waals surface area contributed by atoms with Gasteiger partial charge in [0.05, 0.1) is 0 Å². The second-order valence-corrected chi connectivity index (χ2v) is 5.62. The van der Waals surface area contributed by atoms with Gasteiger partial charge in [-0.05, 0) is 12.8 Å². The molecule has 0 saturated heterocycles. The Morgan fingerprint density at radius 2 is 1.37 bits per heavy atom. The van der Waals surface area contributed by atoms with Gasteiger partial charge in [-0.3, -0.25) is 9.59 Å². The van der Waals surface area contributed by atoms with Crippen LogP contribution in [0.2, 0.25) is 0 Å². The maximum Gasteiger partial charge on any atom is 0.207 e.